The largest absolute Gasteiger partial charge is 0.395 e. The lowest BCUT2D eigenvalue weighted by molar-refractivity contribution is -0.123. The zero-order valence-electron chi connectivity index (χ0n) is 23.7. The summed E-state index contributed by atoms with van der Waals surface area (Å²) in [6.07, 6.45) is 2.76. The van der Waals surface area contributed by atoms with Crippen LogP contribution >= 0.6 is 0 Å². The van der Waals surface area contributed by atoms with Crippen LogP contribution in [0.1, 0.15) is 49.4 Å². The number of amides is 1. The van der Waals surface area contributed by atoms with Gasteiger partial charge in [-0.15, -0.1) is 5.10 Å². The molecular formula is C30H41FN4O4Si. The average Bonchev–Trinajstić information content (AvgIpc) is 3.52. The van der Waals surface area contributed by atoms with Gasteiger partial charge in [-0.2, -0.15) is 0 Å². The van der Waals surface area contributed by atoms with E-state index in [-0.39, 0.29) is 36.2 Å². The first-order valence-electron chi connectivity index (χ1n) is 14.0. The predicted octanol–water partition coefficient (Wildman–Crippen LogP) is 4.69. The zero-order valence-corrected chi connectivity index (χ0v) is 24.7. The number of carbonyl (C=O) groups is 1. The van der Waals surface area contributed by atoms with Crippen LogP contribution in [0.5, 0.6) is 0 Å². The maximum atomic E-state index is 15.5. The van der Waals surface area contributed by atoms with E-state index in [2.05, 4.69) is 22.6 Å². The number of nitrogens with one attached hydrogen (secondary N) is 1. The normalized spacial score (nSPS) is 22.7. The first-order valence-corrected chi connectivity index (χ1v) is 17.0. The SMILES string of the molecule is C[C@H]1[C@H]([Si](C)(C)F)[C@@H](CCn2cc(C(CO)c3ccccc3)nn2)O[C@H]1CCc1ccc(NC(=O)[C@H](C)O)cc1. The number of benzene rings is 2. The minimum atomic E-state index is -3.00. The van der Waals surface area contributed by atoms with Crippen molar-refractivity contribution in [1.82, 2.24) is 15.0 Å². The van der Waals surface area contributed by atoms with E-state index in [0.717, 1.165) is 24.0 Å². The van der Waals surface area contributed by atoms with Crippen molar-refractivity contribution in [3.63, 3.8) is 0 Å². The lowest BCUT2D eigenvalue weighted by Gasteiger charge is -2.28. The van der Waals surface area contributed by atoms with Gasteiger partial charge in [0.2, 0.25) is 8.41 Å². The molecule has 1 fully saturated rings. The van der Waals surface area contributed by atoms with Crippen molar-refractivity contribution in [2.75, 3.05) is 11.9 Å². The molecule has 1 aliphatic rings. The first kappa shape index (κ1) is 30.0. The van der Waals surface area contributed by atoms with Gasteiger partial charge in [0.1, 0.15) is 6.10 Å². The van der Waals surface area contributed by atoms with Crippen molar-refractivity contribution < 1.29 is 23.9 Å². The van der Waals surface area contributed by atoms with Crippen molar-refractivity contribution in [2.45, 2.75) is 82.5 Å². The molecule has 6 atom stereocenters. The highest BCUT2D eigenvalue weighted by Crippen LogP contribution is 2.47. The molecule has 40 heavy (non-hydrogen) atoms. The van der Waals surface area contributed by atoms with Crippen LogP contribution in [0.4, 0.5) is 9.80 Å². The topological polar surface area (TPSA) is 110 Å². The van der Waals surface area contributed by atoms with E-state index in [4.69, 9.17) is 4.74 Å². The van der Waals surface area contributed by atoms with Gasteiger partial charge in [0.05, 0.1) is 30.4 Å². The van der Waals surface area contributed by atoms with E-state index in [9.17, 15) is 15.0 Å². The summed E-state index contributed by atoms with van der Waals surface area (Å²) < 4.78 is 23.8. The van der Waals surface area contributed by atoms with Gasteiger partial charge in [0.25, 0.3) is 5.91 Å². The van der Waals surface area contributed by atoms with E-state index in [1.54, 1.807) is 17.8 Å². The molecule has 3 aromatic rings. The lowest BCUT2D eigenvalue weighted by Crippen LogP contribution is -2.36. The maximum Gasteiger partial charge on any atom is 0.252 e. The number of hydrogen-bond donors (Lipinski definition) is 3. The molecular weight excluding hydrogens is 527 g/mol. The molecule has 1 saturated heterocycles. The van der Waals surface area contributed by atoms with Crippen molar-refractivity contribution >= 4 is 20.0 Å². The molecule has 1 aromatic heterocycles. The number of anilines is 1. The van der Waals surface area contributed by atoms with Gasteiger partial charge in [0, 0.05) is 24.0 Å². The number of ether oxygens (including phenoxy) is 1. The quantitative estimate of drug-likeness (QED) is 0.216. The fourth-order valence-corrected chi connectivity index (χ4v) is 8.45. The Labute approximate surface area is 236 Å². The summed E-state index contributed by atoms with van der Waals surface area (Å²) in [5, 5.41) is 30.6. The second-order valence-corrected chi connectivity index (χ2v) is 15.2. The molecule has 0 saturated carbocycles. The molecule has 1 unspecified atom stereocenters. The summed E-state index contributed by atoms with van der Waals surface area (Å²) in [5.41, 5.74) is 3.32. The Morgan fingerprint density at radius 2 is 1.82 bits per heavy atom. The standard InChI is InChI=1S/C30H41FN4O4Si/c1-20-27(15-12-22-10-13-24(14-11-22)32-30(38)21(2)37)39-28(29(20)40(3,4)31)16-17-35-18-26(33-34-35)25(19-36)23-8-6-5-7-9-23/h5-11,13-14,18,20-21,25,27-29,36-37H,12,15-17,19H2,1-4H3,(H,32,38)/t20-,21+,25?,27+,28-,29+/m1/s1. The smallest absolute Gasteiger partial charge is 0.252 e. The number of aromatic nitrogens is 3. The molecule has 0 aliphatic carbocycles. The van der Waals surface area contributed by atoms with Gasteiger partial charge in [-0.1, -0.05) is 54.6 Å². The van der Waals surface area contributed by atoms with E-state index in [1.165, 1.54) is 6.92 Å². The molecule has 1 aliphatic heterocycles. The first-order chi connectivity index (χ1) is 19.1. The van der Waals surface area contributed by atoms with Crippen LogP contribution in [0.2, 0.25) is 18.6 Å². The highest BCUT2D eigenvalue weighted by molar-refractivity contribution is 6.72. The molecule has 8 nitrogen and oxygen atoms in total. The number of aliphatic hydroxyl groups is 2. The van der Waals surface area contributed by atoms with E-state index in [1.807, 2.05) is 60.8 Å². The van der Waals surface area contributed by atoms with Crippen LogP contribution < -0.4 is 5.32 Å². The predicted molar refractivity (Wildman–Crippen MR) is 155 cm³/mol. The second-order valence-electron chi connectivity index (χ2n) is 11.4. The van der Waals surface area contributed by atoms with Gasteiger partial charge in [0.15, 0.2) is 0 Å². The lowest BCUT2D eigenvalue weighted by atomic mass is 9.95. The third-order valence-corrected chi connectivity index (χ3v) is 10.4. The summed E-state index contributed by atoms with van der Waals surface area (Å²) in [6.45, 7) is 7.58. The number of hydrogen-bond acceptors (Lipinski definition) is 6. The van der Waals surface area contributed by atoms with Crippen molar-refractivity contribution in [2.24, 2.45) is 5.92 Å². The number of carbonyl (C=O) groups excluding carboxylic acids is 1. The van der Waals surface area contributed by atoms with Crippen molar-refractivity contribution in [1.29, 1.82) is 0 Å². The van der Waals surface area contributed by atoms with E-state index >= 15 is 4.11 Å². The molecule has 216 valence electrons. The molecule has 4 rings (SSSR count). The fraction of sp³-hybridized carbons (Fsp3) is 0.500. The number of rotatable bonds is 12. The Bertz CT molecular complexity index is 1230. The number of aryl methyl sites for hydroxylation is 2. The number of nitrogens with zero attached hydrogens (tertiary/aromatic N) is 3. The zero-order chi connectivity index (χ0) is 28.9. The van der Waals surface area contributed by atoms with Crippen LogP contribution in [-0.2, 0) is 22.5 Å². The summed E-state index contributed by atoms with van der Waals surface area (Å²) in [7, 11) is -3.00. The molecule has 2 heterocycles. The third kappa shape index (κ3) is 7.42. The highest BCUT2D eigenvalue weighted by Gasteiger charge is 2.50. The van der Waals surface area contributed by atoms with Crippen LogP contribution in [0.25, 0.3) is 0 Å². The molecule has 3 N–H and O–H groups in total. The second kappa shape index (κ2) is 13.2. The monoisotopic (exact) mass is 568 g/mol. The molecule has 0 radical (unpaired) electrons. The molecule has 1 amide bonds. The minimum Gasteiger partial charge on any atom is -0.395 e. The Balaban J connectivity index is 1.36. The molecule has 0 bridgehead atoms. The average molecular weight is 569 g/mol. The van der Waals surface area contributed by atoms with Gasteiger partial charge in [-0.05, 0) is 68.5 Å². The van der Waals surface area contributed by atoms with Gasteiger partial charge in [-0.3, -0.25) is 9.48 Å². The Morgan fingerprint density at radius 1 is 1.12 bits per heavy atom. The van der Waals surface area contributed by atoms with E-state index in [0.29, 0.717) is 24.3 Å². The van der Waals surface area contributed by atoms with Crippen LogP contribution in [-0.4, -0.2) is 64.4 Å². The molecule has 0 spiro atoms. The summed E-state index contributed by atoms with van der Waals surface area (Å²) in [6, 6.07) is 17.3. The molecule has 10 heteroatoms. The van der Waals surface area contributed by atoms with Gasteiger partial charge >= 0.3 is 0 Å². The van der Waals surface area contributed by atoms with Gasteiger partial charge in [-0.25, -0.2) is 0 Å². The van der Waals surface area contributed by atoms with Crippen molar-refractivity contribution in [3.8, 4) is 0 Å². The number of aliphatic hydroxyl groups excluding tert-OH is 2. The Kier molecular flexibility index (Phi) is 9.89. The minimum absolute atomic E-state index is 0.0460. The highest BCUT2D eigenvalue weighted by atomic mass is 28.4. The Morgan fingerprint density at radius 3 is 2.45 bits per heavy atom. The van der Waals surface area contributed by atoms with E-state index < -0.39 is 20.4 Å². The van der Waals surface area contributed by atoms with Crippen LogP contribution in [0.15, 0.2) is 60.8 Å². The summed E-state index contributed by atoms with van der Waals surface area (Å²) >= 11 is 0. The molecule has 2 aromatic carbocycles. The van der Waals surface area contributed by atoms with Crippen molar-refractivity contribution in [3.05, 3.63) is 77.6 Å². The number of halogens is 1. The Hall–Kier alpha value is -2.92. The van der Waals surface area contributed by atoms with Gasteiger partial charge < -0.3 is 24.4 Å². The fourth-order valence-electron chi connectivity index (χ4n) is 5.86. The third-order valence-electron chi connectivity index (χ3n) is 7.95. The summed E-state index contributed by atoms with van der Waals surface area (Å²) in [4.78, 5) is 11.7. The summed E-state index contributed by atoms with van der Waals surface area (Å²) in [5.74, 6) is -0.581. The maximum absolute atomic E-state index is 15.5. The van der Waals surface area contributed by atoms with Crippen LogP contribution in [0.3, 0.4) is 0 Å². The van der Waals surface area contributed by atoms with Crippen LogP contribution in [0, 0.1) is 5.92 Å².